The Hall–Kier alpha value is -0.580. The zero-order chi connectivity index (χ0) is 10.7. The number of rotatable bonds is 4. The maximum absolute atomic E-state index is 9.87. The van der Waals surface area contributed by atoms with Crippen molar-refractivity contribution in [2.75, 3.05) is 0 Å². The van der Waals surface area contributed by atoms with Gasteiger partial charge in [0.15, 0.2) is 0 Å². The summed E-state index contributed by atoms with van der Waals surface area (Å²) in [6.45, 7) is 0. The quantitative estimate of drug-likeness (QED) is 0.928. The van der Waals surface area contributed by atoms with E-state index in [4.69, 9.17) is 4.42 Å². The first-order chi connectivity index (χ1) is 7.27. The van der Waals surface area contributed by atoms with E-state index in [1.807, 2.05) is 5.38 Å². The lowest BCUT2D eigenvalue weighted by atomic mass is 10.1. The molecular weight excluding hydrogens is 276 g/mol. The Bertz CT molecular complexity index is 408. The van der Waals surface area contributed by atoms with Gasteiger partial charge in [0.2, 0.25) is 0 Å². The molecule has 1 atom stereocenters. The van der Waals surface area contributed by atoms with Gasteiger partial charge in [-0.25, -0.2) is 0 Å². The molecule has 0 aliphatic heterocycles. The molecule has 2 rings (SSSR count). The van der Waals surface area contributed by atoms with Crippen molar-refractivity contribution in [3.8, 4) is 0 Å². The molecule has 0 spiro atoms. The number of aliphatic hydroxyl groups excluding tert-OH is 1. The van der Waals surface area contributed by atoms with E-state index < -0.39 is 6.10 Å². The molecule has 2 aromatic heterocycles. The highest BCUT2D eigenvalue weighted by Gasteiger charge is 2.14. The third-order valence-electron chi connectivity index (χ3n) is 2.23. The highest BCUT2D eigenvalue weighted by molar-refractivity contribution is 9.10. The Morgan fingerprint density at radius 1 is 1.47 bits per heavy atom. The van der Waals surface area contributed by atoms with Gasteiger partial charge in [-0.15, -0.1) is 0 Å². The van der Waals surface area contributed by atoms with Gasteiger partial charge in [-0.05, 0) is 57.2 Å². The van der Waals surface area contributed by atoms with Gasteiger partial charge in [0.1, 0.15) is 11.9 Å². The highest BCUT2D eigenvalue weighted by atomic mass is 79.9. The summed E-state index contributed by atoms with van der Waals surface area (Å²) >= 11 is 5.01. The van der Waals surface area contributed by atoms with Crippen molar-refractivity contribution in [3.05, 3.63) is 45.0 Å². The Morgan fingerprint density at radius 2 is 2.33 bits per heavy atom. The van der Waals surface area contributed by atoms with Crippen molar-refractivity contribution in [2.24, 2.45) is 0 Å². The molecule has 0 amide bonds. The van der Waals surface area contributed by atoms with E-state index >= 15 is 0 Å². The van der Waals surface area contributed by atoms with Crippen molar-refractivity contribution in [3.63, 3.8) is 0 Å². The summed E-state index contributed by atoms with van der Waals surface area (Å²) < 4.78 is 6.04. The summed E-state index contributed by atoms with van der Waals surface area (Å²) in [5, 5.41) is 14.0. The second kappa shape index (κ2) is 4.96. The molecule has 0 radical (unpaired) electrons. The molecule has 0 aromatic carbocycles. The van der Waals surface area contributed by atoms with Crippen LogP contribution in [0.2, 0.25) is 0 Å². The fourth-order valence-corrected chi connectivity index (χ4v) is 2.58. The van der Waals surface area contributed by atoms with E-state index in [1.54, 1.807) is 23.7 Å². The number of aliphatic hydroxyl groups is 1. The van der Waals surface area contributed by atoms with E-state index in [1.165, 1.54) is 5.56 Å². The molecule has 1 unspecified atom stereocenters. The van der Waals surface area contributed by atoms with E-state index in [2.05, 4.69) is 27.4 Å². The van der Waals surface area contributed by atoms with Crippen molar-refractivity contribution < 1.29 is 9.52 Å². The number of hydrogen-bond acceptors (Lipinski definition) is 3. The minimum atomic E-state index is -0.533. The summed E-state index contributed by atoms with van der Waals surface area (Å²) in [7, 11) is 0. The third kappa shape index (κ3) is 2.71. The maximum atomic E-state index is 9.87. The van der Waals surface area contributed by atoms with Crippen molar-refractivity contribution in [1.82, 2.24) is 0 Å². The summed E-state index contributed by atoms with van der Waals surface area (Å²) in [5.41, 5.74) is 1.27. The lowest BCUT2D eigenvalue weighted by Crippen LogP contribution is -1.98. The molecule has 0 fully saturated rings. The number of aryl methyl sites for hydroxylation is 1. The van der Waals surface area contributed by atoms with Crippen LogP contribution in [0.5, 0.6) is 0 Å². The molecule has 80 valence electrons. The average Bonchev–Trinajstić information content (AvgIpc) is 2.84. The molecule has 2 aromatic rings. The Kier molecular flexibility index (Phi) is 3.61. The molecule has 0 saturated heterocycles. The van der Waals surface area contributed by atoms with Crippen LogP contribution < -0.4 is 0 Å². The lowest BCUT2D eigenvalue weighted by Gasteiger charge is -2.07. The Labute approximate surface area is 101 Å². The van der Waals surface area contributed by atoms with Crippen molar-refractivity contribution in [1.29, 1.82) is 0 Å². The molecule has 2 nitrogen and oxygen atoms in total. The Balaban J connectivity index is 1.93. The van der Waals surface area contributed by atoms with Crippen molar-refractivity contribution in [2.45, 2.75) is 18.9 Å². The van der Waals surface area contributed by atoms with Crippen LogP contribution in [0.4, 0.5) is 0 Å². The number of hydrogen-bond donors (Lipinski definition) is 1. The zero-order valence-electron chi connectivity index (χ0n) is 8.02. The topological polar surface area (TPSA) is 33.4 Å². The van der Waals surface area contributed by atoms with Crippen LogP contribution in [-0.4, -0.2) is 5.11 Å². The maximum Gasteiger partial charge on any atom is 0.146 e. The van der Waals surface area contributed by atoms with Gasteiger partial charge in [0.05, 0.1) is 10.7 Å². The van der Waals surface area contributed by atoms with Crippen LogP contribution in [0.15, 0.2) is 38.0 Å². The molecule has 1 N–H and O–H groups in total. The van der Waals surface area contributed by atoms with Crippen LogP contribution in [-0.2, 0) is 6.42 Å². The molecule has 2 heterocycles. The SMILES string of the molecule is OC(CCc1ccsc1)c1occc1Br. The normalized spacial score (nSPS) is 12.9. The standard InChI is InChI=1S/C11H11BrO2S/c12-9-3-5-14-11(9)10(13)2-1-8-4-6-15-7-8/h3-7,10,13H,1-2H2. The first-order valence-corrected chi connectivity index (χ1v) is 6.43. The molecule has 0 aliphatic carbocycles. The van der Waals surface area contributed by atoms with Gasteiger partial charge in [-0.1, -0.05) is 0 Å². The van der Waals surface area contributed by atoms with Crippen LogP contribution in [0.25, 0.3) is 0 Å². The van der Waals surface area contributed by atoms with E-state index in [0.29, 0.717) is 12.2 Å². The van der Waals surface area contributed by atoms with Gasteiger partial charge in [0, 0.05) is 0 Å². The van der Waals surface area contributed by atoms with Gasteiger partial charge in [-0.2, -0.15) is 11.3 Å². The minimum Gasteiger partial charge on any atom is -0.465 e. The predicted octanol–water partition coefficient (Wildman–Crippen LogP) is 3.77. The molecule has 0 aliphatic rings. The second-order valence-electron chi connectivity index (χ2n) is 3.32. The van der Waals surface area contributed by atoms with Crippen LogP contribution in [0.1, 0.15) is 23.8 Å². The summed E-state index contributed by atoms with van der Waals surface area (Å²) in [6, 6.07) is 3.87. The summed E-state index contributed by atoms with van der Waals surface area (Å²) in [5.74, 6) is 0.616. The fraction of sp³-hybridized carbons (Fsp3) is 0.273. The van der Waals surface area contributed by atoms with Gasteiger partial charge in [0.25, 0.3) is 0 Å². The average molecular weight is 287 g/mol. The monoisotopic (exact) mass is 286 g/mol. The van der Waals surface area contributed by atoms with Crippen LogP contribution in [0.3, 0.4) is 0 Å². The minimum absolute atomic E-state index is 0.533. The predicted molar refractivity (Wildman–Crippen MR) is 64.0 cm³/mol. The van der Waals surface area contributed by atoms with E-state index in [9.17, 15) is 5.11 Å². The van der Waals surface area contributed by atoms with Gasteiger partial charge in [-0.3, -0.25) is 0 Å². The lowest BCUT2D eigenvalue weighted by molar-refractivity contribution is 0.139. The first-order valence-electron chi connectivity index (χ1n) is 4.69. The number of thiophene rings is 1. The number of furan rings is 1. The fourth-order valence-electron chi connectivity index (χ4n) is 1.41. The largest absolute Gasteiger partial charge is 0.465 e. The van der Waals surface area contributed by atoms with Gasteiger partial charge < -0.3 is 9.52 Å². The van der Waals surface area contributed by atoms with Crippen LogP contribution in [0, 0.1) is 0 Å². The molecule has 15 heavy (non-hydrogen) atoms. The second-order valence-corrected chi connectivity index (χ2v) is 4.95. The van der Waals surface area contributed by atoms with Crippen molar-refractivity contribution >= 4 is 27.3 Å². The Morgan fingerprint density at radius 3 is 2.93 bits per heavy atom. The van der Waals surface area contributed by atoms with E-state index in [-0.39, 0.29) is 0 Å². The summed E-state index contributed by atoms with van der Waals surface area (Å²) in [6.07, 6.45) is 2.60. The summed E-state index contributed by atoms with van der Waals surface area (Å²) in [4.78, 5) is 0. The first kappa shape index (κ1) is 10.9. The molecule has 4 heteroatoms. The van der Waals surface area contributed by atoms with E-state index in [0.717, 1.165) is 10.9 Å². The molecular formula is C11H11BrO2S. The van der Waals surface area contributed by atoms with Gasteiger partial charge >= 0.3 is 0 Å². The third-order valence-corrected chi connectivity index (χ3v) is 3.62. The zero-order valence-corrected chi connectivity index (χ0v) is 10.4. The molecule has 0 bridgehead atoms. The highest BCUT2D eigenvalue weighted by Crippen LogP contribution is 2.27. The smallest absolute Gasteiger partial charge is 0.146 e. The number of halogens is 1. The molecule has 0 saturated carbocycles. The van der Waals surface area contributed by atoms with Crippen LogP contribution >= 0.6 is 27.3 Å².